The Morgan fingerprint density at radius 2 is 2.04 bits per heavy atom. The molecule has 0 unspecified atom stereocenters. The Bertz CT molecular complexity index is 808. The van der Waals surface area contributed by atoms with Gasteiger partial charge in [-0.05, 0) is 50.7 Å². The zero-order valence-corrected chi connectivity index (χ0v) is 15.7. The van der Waals surface area contributed by atoms with Gasteiger partial charge in [-0.25, -0.2) is 0 Å². The Kier molecular flexibility index (Phi) is 4.53. The average Bonchev–Trinajstić information content (AvgIpc) is 3.05. The van der Waals surface area contributed by atoms with Crippen LogP contribution in [0.5, 0.6) is 0 Å². The van der Waals surface area contributed by atoms with E-state index in [-0.39, 0.29) is 18.1 Å². The second kappa shape index (κ2) is 6.83. The van der Waals surface area contributed by atoms with Crippen molar-refractivity contribution < 1.29 is 9.53 Å². The molecule has 2 atom stereocenters. The van der Waals surface area contributed by atoms with Crippen molar-refractivity contribution in [2.45, 2.75) is 58.2 Å². The molecule has 2 aliphatic rings. The van der Waals surface area contributed by atoms with Gasteiger partial charge in [0.05, 0.1) is 17.9 Å². The lowest BCUT2D eigenvalue weighted by atomic mass is 9.89. The lowest BCUT2D eigenvalue weighted by molar-refractivity contribution is -0.00702. The van der Waals surface area contributed by atoms with E-state index in [1.807, 2.05) is 31.1 Å². The van der Waals surface area contributed by atoms with Crippen LogP contribution in [0.2, 0.25) is 0 Å². The summed E-state index contributed by atoms with van der Waals surface area (Å²) in [5, 5.41) is 7.37. The van der Waals surface area contributed by atoms with Crippen molar-refractivity contribution in [1.82, 2.24) is 20.1 Å². The number of likely N-dealkylation sites (tertiary alicyclic amines) is 1. The van der Waals surface area contributed by atoms with Crippen molar-refractivity contribution in [3.8, 4) is 0 Å². The summed E-state index contributed by atoms with van der Waals surface area (Å²) in [6.45, 7) is 7.65. The van der Waals surface area contributed by atoms with Crippen LogP contribution in [-0.2, 0) is 11.2 Å². The molecule has 0 spiro atoms. The molecule has 1 amide bonds. The van der Waals surface area contributed by atoms with Crippen LogP contribution < -0.4 is 0 Å². The normalized spacial score (nSPS) is 23.7. The van der Waals surface area contributed by atoms with Gasteiger partial charge >= 0.3 is 0 Å². The van der Waals surface area contributed by atoms with E-state index in [4.69, 9.17) is 4.74 Å². The van der Waals surface area contributed by atoms with E-state index >= 15 is 0 Å². The number of hydrogen-bond donors (Lipinski definition) is 1. The molecular weight excluding hydrogens is 328 g/mol. The predicted octanol–water partition coefficient (Wildman–Crippen LogP) is 3.16. The molecule has 0 aliphatic carbocycles. The van der Waals surface area contributed by atoms with Gasteiger partial charge in [-0.2, -0.15) is 5.10 Å². The van der Waals surface area contributed by atoms with E-state index in [0.29, 0.717) is 11.6 Å². The summed E-state index contributed by atoms with van der Waals surface area (Å²) in [6, 6.07) is 2.21. The largest absolute Gasteiger partial charge is 0.369 e. The molecule has 6 nitrogen and oxygen atoms in total. The Balaban J connectivity index is 1.46. The highest BCUT2D eigenvalue weighted by atomic mass is 16.5. The first-order valence-electron chi connectivity index (χ1n) is 9.46. The van der Waals surface area contributed by atoms with Gasteiger partial charge in [-0.15, -0.1) is 0 Å². The molecule has 0 saturated carbocycles. The number of aromatic nitrogens is 3. The number of rotatable bonds is 2. The van der Waals surface area contributed by atoms with Crippen LogP contribution in [0.1, 0.15) is 71.6 Å². The molecule has 138 valence electrons. The van der Waals surface area contributed by atoms with Gasteiger partial charge in [-0.1, -0.05) is 6.07 Å². The molecule has 2 aliphatic heterocycles. The van der Waals surface area contributed by atoms with Gasteiger partial charge in [0.25, 0.3) is 5.91 Å². The van der Waals surface area contributed by atoms with E-state index in [9.17, 15) is 4.79 Å². The Hall–Kier alpha value is -2.21. The number of hydrogen-bond acceptors (Lipinski definition) is 4. The van der Waals surface area contributed by atoms with E-state index in [0.717, 1.165) is 43.6 Å². The Morgan fingerprint density at radius 3 is 2.77 bits per heavy atom. The maximum atomic E-state index is 13.0. The summed E-state index contributed by atoms with van der Waals surface area (Å²) in [5.74, 6) is 0.526. The zero-order chi connectivity index (χ0) is 18.3. The number of carbonyl (C=O) groups excluding carboxylic acids is 1. The molecule has 6 heteroatoms. The minimum Gasteiger partial charge on any atom is -0.369 e. The summed E-state index contributed by atoms with van der Waals surface area (Å²) in [4.78, 5) is 19.3. The molecule has 2 aromatic rings. The summed E-state index contributed by atoms with van der Waals surface area (Å²) in [5.41, 5.74) is 5.04. The maximum Gasteiger partial charge on any atom is 0.274 e. The van der Waals surface area contributed by atoms with Crippen molar-refractivity contribution in [2.75, 3.05) is 13.1 Å². The summed E-state index contributed by atoms with van der Waals surface area (Å²) < 4.78 is 5.82. The lowest BCUT2D eigenvalue weighted by Crippen LogP contribution is -2.38. The van der Waals surface area contributed by atoms with Crippen molar-refractivity contribution in [1.29, 1.82) is 0 Å². The highest BCUT2D eigenvalue weighted by Crippen LogP contribution is 2.32. The molecule has 1 saturated heterocycles. The van der Waals surface area contributed by atoms with Gasteiger partial charge < -0.3 is 9.64 Å². The summed E-state index contributed by atoms with van der Waals surface area (Å²) in [7, 11) is 0. The number of piperidine rings is 1. The Morgan fingerprint density at radius 1 is 1.27 bits per heavy atom. The minimum atomic E-state index is -0.0395. The van der Waals surface area contributed by atoms with Gasteiger partial charge in [0, 0.05) is 37.5 Å². The van der Waals surface area contributed by atoms with Crippen LogP contribution in [0.15, 0.2) is 18.5 Å². The number of H-pyrrole nitrogens is 1. The van der Waals surface area contributed by atoms with E-state index in [1.165, 1.54) is 11.1 Å². The minimum absolute atomic E-state index is 0.0395. The second-order valence-corrected chi connectivity index (χ2v) is 7.62. The summed E-state index contributed by atoms with van der Waals surface area (Å²) >= 11 is 0. The number of nitrogens with one attached hydrogen (secondary N) is 1. The Labute approximate surface area is 154 Å². The molecule has 0 radical (unpaired) electrons. The molecule has 2 aromatic heterocycles. The smallest absolute Gasteiger partial charge is 0.274 e. The van der Waals surface area contributed by atoms with Crippen molar-refractivity contribution in [3.63, 3.8) is 0 Å². The summed E-state index contributed by atoms with van der Waals surface area (Å²) in [6.07, 6.45) is 6.60. The fraction of sp³-hybridized carbons (Fsp3) is 0.550. The highest BCUT2D eigenvalue weighted by Gasteiger charge is 2.32. The number of aromatic amines is 1. The van der Waals surface area contributed by atoms with Crippen LogP contribution in [0.4, 0.5) is 0 Å². The molecule has 4 heterocycles. The SMILES string of the molecule is Cc1cncc(C2CCN(C(=O)c3n[nH]c4c3C[C@@H](C)O[C@H]4C)CC2)c1. The van der Waals surface area contributed by atoms with Gasteiger partial charge in [0.1, 0.15) is 0 Å². The number of amides is 1. The van der Waals surface area contributed by atoms with Crippen molar-refractivity contribution in [2.24, 2.45) is 0 Å². The third-order valence-corrected chi connectivity index (χ3v) is 5.59. The van der Waals surface area contributed by atoms with Crippen LogP contribution in [0, 0.1) is 6.92 Å². The van der Waals surface area contributed by atoms with E-state index in [1.54, 1.807) is 0 Å². The monoisotopic (exact) mass is 354 g/mol. The van der Waals surface area contributed by atoms with E-state index < -0.39 is 0 Å². The lowest BCUT2D eigenvalue weighted by Gasteiger charge is -2.32. The standard InChI is InChI=1S/C20H26N4O2/c1-12-8-16(11-21-10-12)15-4-6-24(7-5-15)20(25)19-17-9-13(2)26-14(3)18(17)22-23-19/h8,10-11,13-15H,4-7,9H2,1-3H3,(H,22,23)/t13-,14+/m1/s1. The molecule has 1 fully saturated rings. The second-order valence-electron chi connectivity index (χ2n) is 7.62. The number of aryl methyl sites for hydroxylation is 1. The highest BCUT2D eigenvalue weighted by molar-refractivity contribution is 5.94. The van der Waals surface area contributed by atoms with E-state index in [2.05, 4.69) is 28.2 Å². The molecule has 0 aromatic carbocycles. The fourth-order valence-corrected chi connectivity index (χ4v) is 4.22. The molecule has 0 bridgehead atoms. The molecule has 1 N–H and O–H groups in total. The number of carbonyl (C=O) groups is 1. The molecule has 26 heavy (non-hydrogen) atoms. The number of nitrogens with zero attached hydrogens (tertiary/aromatic N) is 3. The molecule has 4 rings (SSSR count). The third-order valence-electron chi connectivity index (χ3n) is 5.59. The fourth-order valence-electron chi connectivity index (χ4n) is 4.22. The maximum absolute atomic E-state index is 13.0. The average molecular weight is 354 g/mol. The van der Waals surface area contributed by atoms with Crippen molar-refractivity contribution in [3.05, 3.63) is 46.5 Å². The number of fused-ring (bicyclic) bond motifs is 1. The van der Waals surface area contributed by atoms with Gasteiger partial charge in [0.2, 0.25) is 0 Å². The van der Waals surface area contributed by atoms with Crippen LogP contribution in [0.3, 0.4) is 0 Å². The first-order valence-corrected chi connectivity index (χ1v) is 9.46. The van der Waals surface area contributed by atoms with Gasteiger partial charge in [0.15, 0.2) is 5.69 Å². The number of pyridine rings is 1. The first kappa shape index (κ1) is 17.2. The van der Waals surface area contributed by atoms with Crippen LogP contribution in [-0.4, -0.2) is 45.2 Å². The van der Waals surface area contributed by atoms with Gasteiger partial charge in [-0.3, -0.25) is 14.9 Å². The number of ether oxygens (including phenoxy) is 1. The molecular formula is C20H26N4O2. The quantitative estimate of drug-likeness (QED) is 0.899. The van der Waals surface area contributed by atoms with Crippen LogP contribution >= 0.6 is 0 Å². The predicted molar refractivity (Wildman–Crippen MR) is 98.1 cm³/mol. The first-order chi connectivity index (χ1) is 12.5. The zero-order valence-electron chi connectivity index (χ0n) is 15.7. The van der Waals surface area contributed by atoms with Crippen molar-refractivity contribution >= 4 is 5.91 Å². The topological polar surface area (TPSA) is 71.1 Å². The third kappa shape index (κ3) is 3.14. The van der Waals surface area contributed by atoms with Crippen LogP contribution in [0.25, 0.3) is 0 Å².